The summed E-state index contributed by atoms with van der Waals surface area (Å²) in [5.41, 5.74) is 5.84. The number of carboxylic acids is 1. The number of carboxylic acid groups (broad SMARTS) is 1. The fourth-order valence-electron chi connectivity index (χ4n) is 3.63. The van der Waals surface area contributed by atoms with Crippen molar-refractivity contribution in [2.75, 3.05) is 17.7 Å². The van der Waals surface area contributed by atoms with Crippen molar-refractivity contribution in [1.82, 2.24) is 0 Å². The van der Waals surface area contributed by atoms with Crippen LogP contribution >= 0.6 is 0 Å². The molecule has 4 rings (SSSR count). The standard InChI is InChI=1S/C24H22N2O5/c1-31-22-12-16(4-5-17(22)13-27)15-6-7-18-20(11-15)25-19-8-2-14(3-9-23(28)29)10-21(19)26-24(18)30/h2,4-8,10-12,25,27H,3,9,13H2,1H3,(H,26,30)(H,28,29). The molecule has 0 unspecified atom stereocenters. The second-order valence-electron chi connectivity index (χ2n) is 7.30. The first kappa shape index (κ1) is 20.4. The molecule has 0 spiro atoms. The van der Waals surface area contributed by atoms with Gasteiger partial charge in [-0.3, -0.25) is 9.59 Å². The van der Waals surface area contributed by atoms with Crippen LogP contribution in [0.15, 0.2) is 54.6 Å². The Kier molecular flexibility index (Phi) is 5.60. The number of benzene rings is 3. The molecule has 1 amide bonds. The molecule has 0 saturated heterocycles. The fourth-order valence-corrected chi connectivity index (χ4v) is 3.63. The lowest BCUT2D eigenvalue weighted by molar-refractivity contribution is -0.136. The Labute approximate surface area is 179 Å². The summed E-state index contributed by atoms with van der Waals surface area (Å²) in [6.07, 6.45) is 0.420. The zero-order valence-corrected chi connectivity index (χ0v) is 16.9. The number of carbonyl (C=O) groups is 2. The van der Waals surface area contributed by atoms with Crippen LogP contribution in [0.5, 0.6) is 5.75 Å². The van der Waals surface area contributed by atoms with Crippen LogP contribution in [0.2, 0.25) is 0 Å². The summed E-state index contributed by atoms with van der Waals surface area (Å²) in [4.78, 5) is 23.6. The van der Waals surface area contributed by atoms with E-state index < -0.39 is 5.97 Å². The Hall–Kier alpha value is -3.84. The largest absolute Gasteiger partial charge is 0.496 e. The van der Waals surface area contributed by atoms with Crippen LogP contribution in [0.4, 0.5) is 17.1 Å². The van der Waals surface area contributed by atoms with E-state index in [0.29, 0.717) is 34.7 Å². The van der Waals surface area contributed by atoms with Crippen molar-refractivity contribution in [1.29, 1.82) is 0 Å². The Bertz CT molecular complexity index is 1170. The van der Waals surface area contributed by atoms with Gasteiger partial charge in [0.1, 0.15) is 5.75 Å². The SMILES string of the molecule is COc1cc(-c2ccc3c(c2)Nc2ccc(CCC(=O)O)cc2NC3=O)ccc1CO. The van der Waals surface area contributed by atoms with Gasteiger partial charge in [-0.15, -0.1) is 0 Å². The normalized spacial score (nSPS) is 12.1. The predicted molar refractivity (Wildman–Crippen MR) is 118 cm³/mol. The highest BCUT2D eigenvalue weighted by Crippen LogP contribution is 2.36. The summed E-state index contributed by atoms with van der Waals surface area (Å²) in [6, 6.07) is 16.6. The van der Waals surface area contributed by atoms with Crippen LogP contribution in [0.1, 0.15) is 27.9 Å². The van der Waals surface area contributed by atoms with Gasteiger partial charge in [0.05, 0.1) is 36.3 Å². The molecule has 0 bridgehead atoms. The van der Waals surface area contributed by atoms with E-state index in [-0.39, 0.29) is 18.9 Å². The van der Waals surface area contributed by atoms with Crippen LogP contribution in [0.25, 0.3) is 11.1 Å². The minimum Gasteiger partial charge on any atom is -0.496 e. The molecule has 3 aromatic rings. The lowest BCUT2D eigenvalue weighted by Gasteiger charge is -2.13. The minimum atomic E-state index is -0.860. The third kappa shape index (κ3) is 4.22. The number of aryl methyl sites for hydroxylation is 1. The monoisotopic (exact) mass is 418 g/mol. The predicted octanol–water partition coefficient (Wildman–Crippen LogP) is 4.18. The van der Waals surface area contributed by atoms with Gasteiger partial charge >= 0.3 is 5.97 Å². The molecule has 0 saturated carbocycles. The average Bonchev–Trinajstić information content (AvgIpc) is 2.91. The van der Waals surface area contributed by atoms with Crippen molar-refractivity contribution < 1.29 is 24.5 Å². The molecular weight excluding hydrogens is 396 g/mol. The number of anilines is 3. The van der Waals surface area contributed by atoms with Crippen molar-refractivity contribution >= 4 is 28.9 Å². The van der Waals surface area contributed by atoms with Gasteiger partial charge in [0.25, 0.3) is 5.91 Å². The number of nitrogens with one attached hydrogen (secondary N) is 2. The first-order valence-corrected chi connectivity index (χ1v) is 9.84. The summed E-state index contributed by atoms with van der Waals surface area (Å²) >= 11 is 0. The summed E-state index contributed by atoms with van der Waals surface area (Å²) in [5, 5.41) is 24.6. The van der Waals surface area contributed by atoms with Gasteiger partial charge < -0.3 is 25.6 Å². The van der Waals surface area contributed by atoms with Gasteiger partial charge in [-0.05, 0) is 53.4 Å². The molecule has 158 valence electrons. The van der Waals surface area contributed by atoms with Crippen LogP contribution in [0, 0.1) is 0 Å². The number of carbonyl (C=O) groups excluding carboxylic acids is 1. The molecule has 4 N–H and O–H groups in total. The first-order chi connectivity index (χ1) is 15.0. The third-order valence-electron chi connectivity index (χ3n) is 5.28. The molecule has 0 aromatic heterocycles. The summed E-state index contributed by atoms with van der Waals surface area (Å²) in [7, 11) is 1.56. The Morgan fingerprint density at radius 3 is 2.45 bits per heavy atom. The number of methoxy groups -OCH3 is 1. The van der Waals surface area contributed by atoms with E-state index in [1.54, 1.807) is 19.2 Å². The van der Waals surface area contributed by atoms with E-state index in [1.807, 2.05) is 42.5 Å². The number of fused-ring (bicyclic) bond motifs is 2. The van der Waals surface area contributed by atoms with Crippen molar-refractivity contribution in [2.45, 2.75) is 19.4 Å². The molecule has 7 nitrogen and oxygen atoms in total. The van der Waals surface area contributed by atoms with Gasteiger partial charge in [0.2, 0.25) is 0 Å². The molecule has 31 heavy (non-hydrogen) atoms. The number of rotatable bonds is 6. The van der Waals surface area contributed by atoms with Crippen LogP contribution < -0.4 is 15.4 Å². The molecule has 1 aliphatic heterocycles. The second-order valence-corrected chi connectivity index (χ2v) is 7.30. The van der Waals surface area contributed by atoms with E-state index in [0.717, 1.165) is 22.4 Å². The highest BCUT2D eigenvalue weighted by atomic mass is 16.5. The van der Waals surface area contributed by atoms with Crippen molar-refractivity contribution in [3.63, 3.8) is 0 Å². The van der Waals surface area contributed by atoms with Crippen LogP contribution in [-0.2, 0) is 17.8 Å². The summed E-state index contributed by atoms with van der Waals surface area (Å²) in [5.74, 6) is -0.503. The smallest absolute Gasteiger partial charge is 0.303 e. The van der Waals surface area contributed by atoms with Gasteiger partial charge in [-0.2, -0.15) is 0 Å². The Balaban J connectivity index is 1.68. The summed E-state index contributed by atoms with van der Waals surface area (Å²) in [6.45, 7) is -0.111. The van der Waals surface area contributed by atoms with E-state index in [4.69, 9.17) is 9.84 Å². The first-order valence-electron chi connectivity index (χ1n) is 9.84. The van der Waals surface area contributed by atoms with Crippen LogP contribution in [-0.4, -0.2) is 29.2 Å². The molecule has 1 heterocycles. The van der Waals surface area contributed by atoms with Crippen molar-refractivity contribution in [2.24, 2.45) is 0 Å². The number of aliphatic hydroxyl groups excluding tert-OH is 1. The maximum Gasteiger partial charge on any atom is 0.303 e. The average molecular weight is 418 g/mol. The number of amides is 1. The van der Waals surface area contributed by atoms with E-state index in [9.17, 15) is 14.7 Å². The van der Waals surface area contributed by atoms with Gasteiger partial charge in [0, 0.05) is 12.0 Å². The lowest BCUT2D eigenvalue weighted by Crippen LogP contribution is -2.11. The molecule has 0 aliphatic carbocycles. The van der Waals surface area contributed by atoms with E-state index in [1.165, 1.54) is 0 Å². The molecule has 0 radical (unpaired) electrons. The van der Waals surface area contributed by atoms with Crippen molar-refractivity contribution in [3.8, 4) is 16.9 Å². The highest BCUT2D eigenvalue weighted by Gasteiger charge is 2.20. The summed E-state index contributed by atoms with van der Waals surface area (Å²) < 4.78 is 5.36. The van der Waals surface area contributed by atoms with Gasteiger partial charge in [0.15, 0.2) is 0 Å². The fraction of sp³-hybridized carbons (Fsp3) is 0.167. The number of hydrogen-bond donors (Lipinski definition) is 4. The maximum atomic E-state index is 12.8. The minimum absolute atomic E-state index is 0.0300. The third-order valence-corrected chi connectivity index (χ3v) is 5.28. The molecular formula is C24H22N2O5. The molecule has 0 fully saturated rings. The van der Waals surface area contributed by atoms with Crippen LogP contribution in [0.3, 0.4) is 0 Å². The lowest BCUT2D eigenvalue weighted by atomic mass is 10.00. The molecule has 0 atom stereocenters. The van der Waals surface area contributed by atoms with Gasteiger partial charge in [-0.25, -0.2) is 0 Å². The zero-order chi connectivity index (χ0) is 22.0. The topological polar surface area (TPSA) is 108 Å². The highest BCUT2D eigenvalue weighted by molar-refractivity contribution is 6.12. The number of ether oxygens (including phenoxy) is 1. The Morgan fingerprint density at radius 2 is 1.71 bits per heavy atom. The number of aliphatic hydroxyl groups is 1. The zero-order valence-electron chi connectivity index (χ0n) is 16.9. The molecule has 3 aromatic carbocycles. The maximum absolute atomic E-state index is 12.8. The van der Waals surface area contributed by atoms with Crippen molar-refractivity contribution in [3.05, 3.63) is 71.3 Å². The molecule has 1 aliphatic rings. The second kappa shape index (κ2) is 8.49. The molecule has 7 heteroatoms. The number of hydrogen-bond acceptors (Lipinski definition) is 5. The number of aliphatic carboxylic acids is 1. The van der Waals surface area contributed by atoms with E-state index in [2.05, 4.69) is 10.6 Å². The Morgan fingerprint density at radius 1 is 0.935 bits per heavy atom. The quantitative estimate of drug-likeness (QED) is 0.478. The van der Waals surface area contributed by atoms with Gasteiger partial charge in [-0.1, -0.05) is 24.3 Å². The van der Waals surface area contributed by atoms with E-state index >= 15 is 0 Å².